The van der Waals surface area contributed by atoms with E-state index >= 15 is 0 Å². The number of hydrogen-bond donors (Lipinski definition) is 1. The van der Waals surface area contributed by atoms with Crippen LogP contribution in [0.2, 0.25) is 0 Å². The van der Waals surface area contributed by atoms with Gasteiger partial charge < -0.3 is 5.32 Å². The summed E-state index contributed by atoms with van der Waals surface area (Å²) in [6.45, 7) is 0.282. The third-order valence-corrected chi connectivity index (χ3v) is 5.17. The first kappa shape index (κ1) is 18.1. The zero-order valence-electron chi connectivity index (χ0n) is 16.2. The Morgan fingerprint density at radius 1 is 0.933 bits per heavy atom. The van der Waals surface area contributed by atoms with Crippen LogP contribution in [0.1, 0.15) is 23.9 Å². The minimum atomic E-state index is -0.193. The molecule has 30 heavy (non-hydrogen) atoms. The zero-order valence-corrected chi connectivity index (χ0v) is 16.2. The highest BCUT2D eigenvalue weighted by Gasteiger charge is 2.32. The topological polar surface area (TPSA) is 74.9 Å². The average molecular weight is 396 g/mol. The van der Waals surface area contributed by atoms with Gasteiger partial charge in [-0.3, -0.25) is 14.2 Å². The van der Waals surface area contributed by atoms with Crippen LogP contribution in [0, 0.1) is 0 Å². The van der Waals surface area contributed by atoms with Gasteiger partial charge in [-0.15, -0.1) is 10.2 Å². The highest BCUT2D eigenvalue weighted by molar-refractivity contribution is 6.39. The summed E-state index contributed by atoms with van der Waals surface area (Å²) < 4.78 is 1.86. The van der Waals surface area contributed by atoms with Gasteiger partial charge in [0.15, 0.2) is 11.5 Å². The Labute approximate surface area is 173 Å². The highest BCUT2D eigenvalue weighted by Crippen LogP contribution is 2.34. The minimum absolute atomic E-state index is 0.0247. The fourth-order valence-corrected chi connectivity index (χ4v) is 3.67. The van der Waals surface area contributed by atoms with Crippen LogP contribution in [0.15, 0.2) is 90.2 Å². The van der Waals surface area contributed by atoms with Crippen molar-refractivity contribution in [3.63, 3.8) is 0 Å². The van der Waals surface area contributed by atoms with Gasteiger partial charge in [0.2, 0.25) is 0 Å². The standard InChI is InChI=1S/C23H20N6O/c30-23(24-16-22-26-25-21-13-7-8-14-28(21)22)19-15-20(17-9-3-1-4-10-17)29(27-19)18-11-5-2-6-12-18/h1-14,20H,15-16H2,(H,24,30)/t20-/m0/s1. The van der Waals surface area contributed by atoms with E-state index in [4.69, 9.17) is 0 Å². The van der Waals surface area contributed by atoms with Gasteiger partial charge in [-0.05, 0) is 29.8 Å². The second-order valence-corrected chi connectivity index (χ2v) is 7.09. The van der Waals surface area contributed by atoms with Crippen molar-refractivity contribution >= 4 is 23.0 Å². The van der Waals surface area contributed by atoms with Crippen molar-refractivity contribution in [1.29, 1.82) is 0 Å². The molecule has 2 aromatic carbocycles. The summed E-state index contributed by atoms with van der Waals surface area (Å²) in [5, 5.41) is 17.8. The van der Waals surface area contributed by atoms with Crippen LogP contribution in [0.4, 0.5) is 5.69 Å². The highest BCUT2D eigenvalue weighted by atomic mass is 16.2. The number of hydrogen-bond acceptors (Lipinski definition) is 5. The molecule has 1 N–H and O–H groups in total. The maximum Gasteiger partial charge on any atom is 0.267 e. The van der Waals surface area contributed by atoms with Crippen LogP contribution >= 0.6 is 0 Å². The Bertz CT molecular complexity index is 1200. The van der Waals surface area contributed by atoms with E-state index in [2.05, 4.69) is 32.7 Å². The van der Waals surface area contributed by atoms with Crippen LogP contribution in [-0.4, -0.2) is 26.2 Å². The predicted octanol–water partition coefficient (Wildman–Crippen LogP) is 3.35. The maximum atomic E-state index is 12.9. The lowest BCUT2D eigenvalue weighted by Gasteiger charge is -2.23. The van der Waals surface area contributed by atoms with E-state index in [0.717, 1.165) is 16.9 Å². The van der Waals surface area contributed by atoms with Crippen LogP contribution < -0.4 is 10.3 Å². The molecular formula is C23H20N6O. The van der Waals surface area contributed by atoms with Crippen molar-refractivity contribution < 1.29 is 4.79 Å². The molecule has 7 heteroatoms. The van der Waals surface area contributed by atoms with E-state index in [1.807, 2.05) is 82.3 Å². The number of aromatic nitrogens is 3. The Balaban J connectivity index is 1.37. The number of anilines is 1. The SMILES string of the molecule is O=C(NCc1nnc2ccccn12)C1=NN(c2ccccc2)[C@H](c2ccccc2)C1. The van der Waals surface area contributed by atoms with E-state index < -0.39 is 0 Å². The first-order valence-electron chi connectivity index (χ1n) is 9.83. The molecular weight excluding hydrogens is 376 g/mol. The van der Waals surface area contributed by atoms with Crippen LogP contribution in [0.25, 0.3) is 5.65 Å². The Hall–Kier alpha value is -4.00. The fraction of sp³-hybridized carbons (Fsp3) is 0.130. The van der Waals surface area contributed by atoms with Crippen LogP contribution in [0.5, 0.6) is 0 Å². The largest absolute Gasteiger partial charge is 0.344 e. The first-order chi connectivity index (χ1) is 14.8. The Kier molecular flexibility index (Phi) is 4.69. The van der Waals surface area contributed by atoms with Gasteiger partial charge in [0.25, 0.3) is 5.91 Å². The fourth-order valence-electron chi connectivity index (χ4n) is 3.67. The summed E-state index contributed by atoms with van der Waals surface area (Å²) in [4.78, 5) is 12.9. The summed E-state index contributed by atoms with van der Waals surface area (Å²) in [6, 6.07) is 25.7. The maximum absolute atomic E-state index is 12.9. The second kappa shape index (κ2) is 7.79. The number of benzene rings is 2. The molecule has 5 rings (SSSR count). The summed E-state index contributed by atoms with van der Waals surface area (Å²) in [6.07, 6.45) is 2.41. The van der Waals surface area contributed by atoms with E-state index in [-0.39, 0.29) is 18.5 Å². The number of nitrogens with zero attached hydrogens (tertiary/aromatic N) is 5. The van der Waals surface area contributed by atoms with E-state index in [9.17, 15) is 4.79 Å². The van der Waals surface area contributed by atoms with Gasteiger partial charge in [-0.25, -0.2) is 0 Å². The molecule has 4 aromatic rings. The summed E-state index contributed by atoms with van der Waals surface area (Å²) in [5.41, 5.74) is 3.33. The van der Waals surface area contributed by atoms with Gasteiger partial charge in [-0.1, -0.05) is 54.6 Å². The molecule has 0 unspecified atom stereocenters. The van der Waals surface area contributed by atoms with E-state index in [1.165, 1.54) is 0 Å². The molecule has 2 aromatic heterocycles. The van der Waals surface area contributed by atoms with E-state index in [1.54, 1.807) is 0 Å². The van der Waals surface area contributed by atoms with Gasteiger partial charge in [0.05, 0.1) is 18.3 Å². The molecule has 0 spiro atoms. The van der Waals surface area contributed by atoms with Crippen molar-refractivity contribution in [2.75, 3.05) is 5.01 Å². The number of rotatable bonds is 5. The number of carbonyl (C=O) groups is 1. The van der Waals surface area contributed by atoms with Crippen molar-refractivity contribution in [3.05, 3.63) is 96.4 Å². The number of amides is 1. The number of hydrazone groups is 1. The number of carbonyl (C=O) groups excluding carboxylic acids is 1. The molecule has 0 aliphatic carbocycles. The molecule has 7 nitrogen and oxygen atoms in total. The lowest BCUT2D eigenvalue weighted by atomic mass is 10.0. The quantitative estimate of drug-likeness (QED) is 0.561. The number of para-hydroxylation sites is 1. The van der Waals surface area contributed by atoms with Crippen LogP contribution in [-0.2, 0) is 11.3 Å². The molecule has 0 radical (unpaired) electrons. The number of fused-ring (bicyclic) bond motifs is 1. The summed E-state index contributed by atoms with van der Waals surface area (Å²) >= 11 is 0. The monoisotopic (exact) mass is 396 g/mol. The van der Waals surface area contributed by atoms with Crippen molar-refractivity contribution in [2.45, 2.75) is 19.0 Å². The Morgan fingerprint density at radius 3 is 2.47 bits per heavy atom. The average Bonchev–Trinajstić information content (AvgIpc) is 3.44. The lowest BCUT2D eigenvalue weighted by molar-refractivity contribution is -0.115. The molecule has 1 aliphatic heterocycles. The first-order valence-corrected chi connectivity index (χ1v) is 9.83. The zero-order chi connectivity index (χ0) is 20.3. The van der Waals surface area contributed by atoms with Gasteiger partial charge in [0.1, 0.15) is 5.71 Å². The van der Waals surface area contributed by atoms with Crippen molar-refractivity contribution in [3.8, 4) is 0 Å². The second-order valence-electron chi connectivity index (χ2n) is 7.09. The minimum Gasteiger partial charge on any atom is -0.344 e. The molecule has 0 saturated heterocycles. The molecule has 3 heterocycles. The summed E-state index contributed by atoms with van der Waals surface area (Å²) in [5.74, 6) is 0.485. The van der Waals surface area contributed by atoms with Crippen LogP contribution in [0.3, 0.4) is 0 Å². The van der Waals surface area contributed by atoms with Crippen molar-refractivity contribution in [1.82, 2.24) is 19.9 Å². The number of nitrogens with one attached hydrogen (secondary N) is 1. The predicted molar refractivity (Wildman–Crippen MR) is 115 cm³/mol. The third-order valence-electron chi connectivity index (χ3n) is 5.17. The number of pyridine rings is 1. The van der Waals surface area contributed by atoms with Gasteiger partial charge in [0, 0.05) is 12.6 Å². The smallest absolute Gasteiger partial charge is 0.267 e. The molecule has 0 fully saturated rings. The van der Waals surface area contributed by atoms with E-state index in [0.29, 0.717) is 18.0 Å². The molecule has 0 bridgehead atoms. The van der Waals surface area contributed by atoms with Gasteiger partial charge >= 0.3 is 0 Å². The van der Waals surface area contributed by atoms with Gasteiger partial charge in [-0.2, -0.15) is 5.10 Å². The van der Waals surface area contributed by atoms with Crippen molar-refractivity contribution in [2.24, 2.45) is 5.10 Å². The lowest BCUT2D eigenvalue weighted by Crippen LogP contribution is -2.30. The molecule has 148 valence electrons. The molecule has 0 saturated carbocycles. The summed E-state index contributed by atoms with van der Waals surface area (Å²) in [7, 11) is 0. The third kappa shape index (κ3) is 3.41. The molecule has 1 atom stereocenters. The molecule has 1 amide bonds. The normalized spacial score (nSPS) is 15.9. The Morgan fingerprint density at radius 2 is 1.67 bits per heavy atom. The molecule has 1 aliphatic rings.